The molecule has 0 amide bonds. The maximum atomic E-state index is 4.54. The second kappa shape index (κ2) is 5.31. The summed E-state index contributed by atoms with van der Waals surface area (Å²) in [5, 5.41) is 7.78. The largest absolute Gasteiger partial charge is 0.313 e. The first kappa shape index (κ1) is 12.8. The summed E-state index contributed by atoms with van der Waals surface area (Å²) in [6.07, 6.45) is 1.92. The van der Waals surface area contributed by atoms with E-state index >= 15 is 0 Å². The molecule has 0 aromatic carbocycles. The molecule has 0 aliphatic rings. The smallest absolute Gasteiger partial charge is 0.156 e. The molecule has 4 nitrogen and oxygen atoms in total. The van der Waals surface area contributed by atoms with E-state index in [1.807, 2.05) is 24.7 Å². The maximum absolute atomic E-state index is 4.54. The van der Waals surface area contributed by atoms with Gasteiger partial charge >= 0.3 is 0 Å². The van der Waals surface area contributed by atoms with Crippen molar-refractivity contribution in [3.8, 4) is 5.82 Å². The molecular weight excluding hydrogens is 224 g/mol. The van der Waals surface area contributed by atoms with Gasteiger partial charge in [-0.3, -0.25) is 0 Å². The molecule has 0 spiro atoms. The lowest BCUT2D eigenvalue weighted by atomic mass is 10.2. The average Bonchev–Trinajstić information content (AvgIpc) is 2.66. The lowest BCUT2D eigenvalue weighted by Crippen LogP contribution is -2.13. The molecule has 0 saturated heterocycles. The van der Waals surface area contributed by atoms with Gasteiger partial charge in [0.25, 0.3) is 0 Å². The summed E-state index contributed by atoms with van der Waals surface area (Å²) in [7, 11) is 0. The molecule has 0 saturated carbocycles. The molecule has 0 radical (unpaired) electrons. The Morgan fingerprint density at radius 2 is 2.00 bits per heavy atom. The minimum Gasteiger partial charge on any atom is -0.313 e. The summed E-state index contributed by atoms with van der Waals surface area (Å²) in [4.78, 5) is 4.54. The molecule has 0 atom stereocenters. The summed E-state index contributed by atoms with van der Waals surface area (Å²) in [5.41, 5.74) is 4.49. The number of aromatic nitrogens is 3. The van der Waals surface area contributed by atoms with Gasteiger partial charge in [-0.15, -0.1) is 0 Å². The Morgan fingerprint density at radius 3 is 2.56 bits per heavy atom. The van der Waals surface area contributed by atoms with Crippen molar-refractivity contribution in [3.63, 3.8) is 0 Å². The van der Waals surface area contributed by atoms with Crippen LogP contribution < -0.4 is 5.32 Å². The van der Waals surface area contributed by atoms with E-state index in [9.17, 15) is 0 Å². The summed E-state index contributed by atoms with van der Waals surface area (Å²) in [6.45, 7) is 10.1. The minimum absolute atomic E-state index is 0.863. The van der Waals surface area contributed by atoms with E-state index in [1.54, 1.807) is 0 Å². The van der Waals surface area contributed by atoms with Gasteiger partial charge in [-0.25, -0.2) is 9.67 Å². The summed E-state index contributed by atoms with van der Waals surface area (Å²) in [6, 6.07) is 4.23. The van der Waals surface area contributed by atoms with E-state index in [-0.39, 0.29) is 0 Å². The Labute approximate surface area is 108 Å². The molecule has 2 rings (SSSR count). The first-order valence-corrected chi connectivity index (χ1v) is 6.31. The summed E-state index contributed by atoms with van der Waals surface area (Å²) >= 11 is 0. The van der Waals surface area contributed by atoms with E-state index in [2.05, 4.69) is 41.4 Å². The van der Waals surface area contributed by atoms with Gasteiger partial charge in [0, 0.05) is 18.4 Å². The average molecular weight is 244 g/mol. The van der Waals surface area contributed by atoms with Gasteiger partial charge in [0.2, 0.25) is 0 Å². The van der Waals surface area contributed by atoms with Crippen LogP contribution in [0.25, 0.3) is 5.82 Å². The minimum atomic E-state index is 0.863. The molecule has 2 aromatic rings. The predicted molar refractivity (Wildman–Crippen MR) is 73.0 cm³/mol. The van der Waals surface area contributed by atoms with Gasteiger partial charge < -0.3 is 5.32 Å². The third kappa shape index (κ3) is 2.59. The Morgan fingerprint density at radius 1 is 1.22 bits per heavy atom. The van der Waals surface area contributed by atoms with Crippen molar-refractivity contribution in [1.29, 1.82) is 0 Å². The zero-order chi connectivity index (χ0) is 13.1. The molecule has 18 heavy (non-hydrogen) atoms. The van der Waals surface area contributed by atoms with Crippen molar-refractivity contribution in [2.24, 2.45) is 0 Å². The topological polar surface area (TPSA) is 42.7 Å². The van der Waals surface area contributed by atoms with E-state index in [4.69, 9.17) is 0 Å². The molecule has 2 heterocycles. The maximum Gasteiger partial charge on any atom is 0.156 e. The molecule has 96 valence electrons. The third-order valence-electron chi connectivity index (χ3n) is 2.90. The molecule has 0 fully saturated rings. The first-order chi connectivity index (χ1) is 8.61. The Bertz CT molecular complexity index is 543. The van der Waals surface area contributed by atoms with Crippen molar-refractivity contribution in [1.82, 2.24) is 20.1 Å². The Hall–Kier alpha value is -1.68. The predicted octanol–water partition coefficient (Wildman–Crippen LogP) is 2.30. The van der Waals surface area contributed by atoms with Crippen LogP contribution in [-0.2, 0) is 6.54 Å². The van der Waals surface area contributed by atoms with Crippen LogP contribution in [0.15, 0.2) is 18.3 Å². The van der Waals surface area contributed by atoms with Crippen molar-refractivity contribution in [3.05, 3.63) is 40.8 Å². The van der Waals surface area contributed by atoms with Crippen LogP contribution in [0.1, 0.15) is 29.4 Å². The first-order valence-electron chi connectivity index (χ1n) is 6.31. The number of nitrogens with zero attached hydrogens (tertiary/aromatic N) is 3. The van der Waals surface area contributed by atoms with Gasteiger partial charge in [0.1, 0.15) is 0 Å². The lowest BCUT2D eigenvalue weighted by molar-refractivity contribution is 0.720. The number of rotatable bonds is 4. The van der Waals surface area contributed by atoms with E-state index in [0.717, 1.165) is 35.9 Å². The van der Waals surface area contributed by atoms with E-state index < -0.39 is 0 Å². The fourth-order valence-corrected chi connectivity index (χ4v) is 2.06. The van der Waals surface area contributed by atoms with Crippen LogP contribution in [0.4, 0.5) is 0 Å². The van der Waals surface area contributed by atoms with Gasteiger partial charge in [-0.1, -0.05) is 6.92 Å². The molecule has 0 unspecified atom stereocenters. The van der Waals surface area contributed by atoms with Crippen molar-refractivity contribution in [2.45, 2.75) is 34.2 Å². The second-order valence-corrected chi connectivity index (χ2v) is 4.60. The fraction of sp³-hybridized carbons (Fsp3) is 0.429. The van der Waals surface area contributed by atoms with Crippen molar-refractivity contribution < 1.29 is 0 Å². The summed E-state index contributed by atoms with van der Waals surface area (Å²) < 4.78 is 1.90. The van der Waals surface area contributed by atoms with Crippen LogP contribution in [0, 0.1) is 20.8 Å². The van der Waals surface area contributed by atoms with Crippen LogP contribution in [0.3, 0.4) is 0 Å². The van der Waals surface area contributed by atoms with E-state index in [1.165, 1.54) is 5.56 Å². The van der Waals surface area contributed by atoms with Gasteiger partial charge in [0.15, 0.2) is 5.82 Å². The number of hydrogen-bond donors (Lipinski definition) is 1. The molecule has 2 aromatic heterocycles. The van der Waals surface area contributed by atoms with Crippen molar-refractivity contribution >= 4 is 0 Å². The van der Waals surface area contributed by atoms with Crippen LogP contribution in [0.2, 0.25) is 0 Å². The van der Waals surface area contributed by atoms with E-state index in [0.29, 0.717) is 0 Å². The fourth-order valence-electron chi connectivity index (χ4n) is 2.06. The molecule has 4 heteroatoms. The van der Waals surface area contributed by atoms with Crippen LogP contribution >= 0.6 is 0 Å². The molecular formula is C14H20N4. The van der Waals surface area contributed by atoms with Gasteiger partial charge in [-0.2, -0.15) is 5.10 Å². The Kier molecular flexibility index (Phi) is 3.77. The molecule has 1 N–H and O–H groups in total. The number of hydrogen-bond acceptors (Lipinski definition) is 3. The van der Waals surface area contributed by atoms with Gasteiger partial charge in [0.05, 0.1) is 5.69 Å². The summed E-state index contributed by atoms with van der Waals surface area (Å²) in [5.74, 6) is 0.917. The SMILES string of the molecule is CCNCc1cnc(-n2nc(C)cc2C)c(C)c1. The standard InChI is InChI=1S/C14H20N4/c1-5-15-8-13-6-10(2)14(16-9-13)18-12(4)7-11(3)17-18/h6-7,9,15H,5,8H2,1-4H3. The highest BCUT2D eigenvalue weighted by atomic mass is 15.3. The number of pyridine rings is 1. The normalized spacial score (nSPS) is 10.9. The Balaban J connectivity index is 2.32. The number of nitrogens with one attached hydrogen (secondary N) is 1. The van der Waals surface area contributed by atoms with Crippen LogP contribution in [-0.4, -0.2) is 21.3 Å². The lowest BCUT2D eigenvalue weighted by Gasteiger charge is -2.09. The highest BCUT2D eigenvalue weighted by molar-refractivity contribution is 5.36. The molecule has 0 aliphatic heterocycles. The highest BCUT2D eigenvalue weighted by Gasteiger charge is 2.08. The monoisotopic (exact) mass is 244 g/mol. The highest BCUT2D eigenvalue weighted by Crippen LogP contribution is 2.15. The van der Waals surface area contributed by atoms with Crippen molar-refractivity contribution in [2.75, 3.05) is 6.54 Å². The molecule has 0 aliphatic carbocycles. The molecule has 0 bridgehead atoms. The number of aryl methyl sites for hydroxylation is 3. The zero-order valence-corrected chi connectivity index (χ0v) is 11.5. The van der Waals surface area contributed by atoms with Gasteiger partial charge in [-0.05, 0) is 50.6 Å². The second-order valence-electron chi connectivity index (χ2n) is 4.60. The quantitative estimate of drug-likeness (QED) is 0.897. The van der Waals surface area contributed by atoms with Crippen LogP contribution in [0.5, 0.6) is 0 Å². The third-order valence-corrected chi connectivity index (χ3v) is 2.90. The zero-order valence-electron chi connectivity index (χ0n) is 11.5.